The first kappa shape index (κ1) is 15.0. The molecule has 1 atom stereocenters. The predicted molar refractivity (Wildman–Crippen MR) is 72.0 cm³/mol. The zero-order valence-electron chi connectivity index (χ0n) is 11.3. The molecule has 1 aliphatic heterocycles. The minimum Gasteiger partial charge on any atom is -0.480 e. The van der Waals surface area contributed by atoms with Crippen LogP contribution in [0.15, 0.2) is 23.1 Å². The highest BCUT2D eigenvalue weighted by Gasteiger charge is 2.46. The molecular weight excluding hydrogens is 282 g/mol. The molecule has 0 aliphatic carbocycles. The summed E-state index contributed by atoms with van der Waals surface area (Å²) in [6, 6.07) is 5.03. The molecule has 0 bridgehead atoms. The summed E-state index contributed by atoms with van der Waals surface area (Å²) in [5.41, 5.74) is -0.208. The Morgan fingerprint density at radius 2 is 2.10 bits per heavy atom. The molecule has 0 saturated carbocycles. The molecule has 2 N–H and O–H groups in total. The van der Waals surface area contributed by atoms with Gasteiger partial charge in [-0.15, -0.1) is 0 Å². The first-order chi connectivity index (χ1) is 9.27. The van der Waals surface area contributed by atoms with Crippen molar-refractivity contribution >= 4 is 16.0 Å². The zero-order valence-corrected chi connectivity index (χ0v) is 12.2. The molecule has 1 fully saturated rings. The number of hydrogen-bond donors (Lipinski definition) is 2. The van der Waals surface area contributed by atoms with Crippen LogP contribution in [0, 0.1) is 13.8 Å². The normalized spacial score (nSPS) is 22.9. The molecule has 1 aromatic rings. The molecule has 2 rings (SSSR count). The number of carbonyl (C=O) groups is 1. The Kier molecular flexibility index (Phi) is 3.86. The number of benzene rings is 1. The van der Waals surface area contributed by atoms with E-state index in [0.29, 0.717) is 5.56 Å². The molecule has 1 aromatic carbocycles. The Labute approximate surface area is 117 Å². The number of carboxylic acids is 1. The number of nitrogens with one attached hydrogen (secondary N) is 1. The van der Waals surface area contributed by atoms with E-state index in [4.69, 9.17) is 4.74 Å². The van der Waals surface area contributed by atoms with Crippen molar-refractivity contribution in [1.82, 2.24) is 4.72 Å². The number of aliphatic carboxylic acids is 1. The quantitative estimate of drug-likeness (QED) is 0.859. The fourth-order valence-electron chi connectivity index (χ4n) is 2.17. The lowest BCUT2D eigenvalue weighted by Crippen LogP contribution is -2.55. The van der Waals surface area contributed by atoms with E-state index in [1.54, 1.807) is 26.0 Å². The van der Waals surface area contributed by atoms with Crippen LogP contribution in [-0.2, 0) is 19.6 Å². The second kappa shape index (κ2) is 5.16. The van der Waals surface area contributed by atoms with E-state index >= 15 is 0 Å². The summed E-state index contributed by atoms with van der Waals surface area (Å²) in [5.74, 6) is -1.22. The lowest BCUT2D eigenvalue weighted by molar-refractivity contribution is -0.144. The maximum absolute atomic E-state index is 12.4. The molecule has 0 aromatic heterocycles. The molecule has 1 unspecified atom stereocenters. The van der Waals surface area contributed by atoms with Crippen molar-refractivity contribution in [3.05, 3.63) is 29.3 Å². The molecule has 110 valence electrons. The Balaban J connectivity index is 2.40. The highest BCUT2D eigenvalue weighted by atomic mass is 32.2. The van der Waals surface area contributed by atoms with E-state index in [2.05, 4.69) is 4.72 Å². The zero-order chi connectivity index (χ0) is 15.0. The van der Waals surface area contributed by atoms with E-state index in [0.717, 1.165) is 5.56 Å². The summed E-state index contributed by atoms with van der Waals surface area (Å²) in [6.07, 6.45) is 0.117. The second-order valence-corrected chi connectivity index (χ2v) is 6.72. The molecule has 1 heterocycles. The highest BCUT2D eigenvalue weighted by molar-refractivity contribution is 7.89. The highest BCUT2D eigenvalue weighted by Crippen LogP contribution is 2.24. The molecule has 1 aliphatic rings. The summed E-state index contributed by atoms with van der Waals surface area (Å²) in [6.45, 7) is 3.52. The van der Waals surface area contributed by atoms with Crippen molar-refractivity contribution in [2.24, 2.45) is 0 Å². The number of sulfonamides is 1. The first-order valence-corrected chi connectivity index (χ1v) is 7.67. The van der Waals surface area contributed by atoms with E-state index in [1.807, 2.05) is 0 Å². The van der Waals surface area contributed by atoms with E-state index < -0.39 is 21.5 Å². The van der Waals surface area contributed by atoms with Crippen LogP contribution >= 0.6 is 0 Å². The van der Waals surface area contributed by atoms with Gasteiger partial charge in [0.15, 0.2) is 5.54 Å². The first-order valence-electron chi connectivity index (χ1n) is 6.19. The van der Waals surface area contributed by atoms with Crippen molar-refractivity contribution in [1.29, 1.82) is 0 Å². The van der Waals surface area contributed by atoms with Gasteiger partial charge < -0.3 is 9.84 Å². The molecule has 0 radical (unpaired) electrons. The summed E-state index contributed by atoms with van der Waals surface area (Å²) in [5, 5.41) is 9.29. The van der Waals surface area contributed by atoms with Gasteiger partial charge in [-0.05, 0) is 31.0 Å². The topological polar surface area (TPSA) is 92.7 Å². The van der Waals surface area contributed by atoms with Crippen LogP contribution in [0.1, 0.15) is 17.5 Å². The van der Waals surface area contributed by atoms with Crippen molar-refractivity contribution < 1.29 is 23.1 Å². The Bertz CT molecular complexity index is 632. The third kappa shape index (κ3) is 2.70. The molecular formula is C13H17NO5S. The Hall–Kier alpha value is -1.44. The minimum absolute atomic E-state index is 0.102. The number of hydrogen-bond acceptors (Lipinski definition) is 4. The second-order valence-electron chi connectivity index (χ2n) is 5.06. The van der Waals surface area contributed by atoms with Gasteiger partial charge in [0.25, 0.3) is 0 Å². The molecule has 1 saturated heterocycles. The summed E-state index contributed by atoms with van der Waals surface area (Å²) in [4.78, 5) is 11.5. The van der Waals surface area contributed by atoms with Crippen LogP contribution in [0.2, 0.25) is 0 Å². The van der Waals surface area contributed by atoms with Crippen LogP contribution < -0.4 is 4.72 Å². The van der Waals surface area contributed by atoms with Gasteiger partial charge in [-0.25, -0.2) is 8.42 Å². The van der Waals surface area contributed by atoms with Crippen LogP contribution in [0.25, 0.3) is 0 Å². The third-order valence-corrected chi connectivity index (χ3v) is 5.07. The summed E-state index contributed by atoms with van der Waals surface area (Å²) in [7, 11) is -3.91. The molecule has 0 spiro atoms. The molecule has 20 heavy (non-hydrogen) atoms. The number of rotatable bonds is 4. The standard InChI is InChI=1S/C13H17NO5S/c1-9-3-4-10(2)11(7-9)20(17,18)14-13(12(15)16)5-6-19-8-13/h3-4,7,14H,5-6,8H2,1-2H3,(H,15,16). The summed E-state index contributed by atoms with van der Waals surface area (Å²) >= 11 is 0. The number of aryl methyl sites for hydroxylation is 2. The minimum atomic E-state index is -3.91. The third-order valence-electron chi connectivity index (χ3n) is 3.39. The lowest BCUT2D eigenvalue weighted by atomic mass is 10.0. The predicted octanol–water partition coefficient (Wildman–Crippen LogP) is 0.825. The van der Waals surface area contributed by atoms with Gasteiger partial charge in [-0.3, -0.25) is 4.79 Å². The SMILES string of the molecule is Cc1ccc(C)c(S(=O)(=O)NC2(C(=O)O)CCOC2)c1. The Morgan fingerprint density at radius 1 is 1.40 bits per heavy atom. The fourth-order valence-corrected chi connectivity index (χ4v) is 3.87. The molecule has 0 amide bonds. The van der Waals surface area contributed by atoms with Gasteiger partial charge in [-0.1, -0.05) is 12.1 Å². The van der Waals surface area contributed by atoms with Crippen molar-refractivity contribution in [2.45, 2.75) is 30.7 Å². The number of carboxylic acid groups (broad SMARTS) is 1. The van der Waals surface area contributed by atoms with Gasteiger partial charge in [0.05, 0.1) is 11.5 Å². The van der Waals surface area contributed by atoms with Gasteiger partial charge >= 0.3 is 5.97 Å². The smallest absolute Gasteiger partial charge is 0.327 e. The average Bonchev–Trinajstić information content (AvgIpc) is 2.81. The van der Waals surface area contributed by atoms with Crippen LogP contribution in [0.5, 0.6) is 0 Å². The summed E-state index contributed by atoms with van der Waals surface area (Å²) < 4.78 is 32.2. The van der Waals surface area contributed by atoms with Gasteiger partial charge in [0.1, 0.15) is 0 Å². The van der Waals surface area contributed by atoms with Gasteiger partial charge in [0, 0.05) is 13.0 Å². The van der Waals surface area contributed by atoms with Crippen LogP contribution in [0.4, 0.5) is 0 Å². The number of ether oxygens (including phenoxy) is 1. The van der Waals surface area contributed by atoms with Crippen LogP contribution in [-0.4, -0.2) is 38.2 Å². The van der Waals surface area contributed by atoms with E-state index in [1.165, 1.54) is 6.07 Å². The van der Waals surface area contributed by atoms with Crippen molar-refractivity contribution in [2.75, 3.05) is 13.2 Å². The van der Waals surface area contributed by atoms with Crippen molar-refractivity contribution in [3.63, 3.8) is 0 Å². The van der Waals surface area contributed by atoms with Gasteiger partial charge in [-0.2, -0.15) is 4.72 Å². The van der Waals surface area contributed by atoms with Gasteiger partial charge in [0.2, 0.25) is 10.0 Å². The van der Waals surface area contributed by atoms with E-state index in [9.17, 15) is 18.3 Å². The molecule has 6 nitrogen and oxygen atoms in total. The van der Waals surface area contributed by atoms with E-state index in [-0.39, 0.29) is 24.5 Å². The largest absolute Gasteiger partial charge is 0.480 e. The lowest BCUT2D eigenvalue weighted by Gasteiger charge is -2.24. The Morgan fingerprint density at radius 3 is 2.65 bits per heavy atom. The molecule has 7 heteroatoms. The van der Waals surface area contributed by atoms with Crippen LogP contribution in [0.3, 0.4) is 0 Å². The van der Waals surface area contributed by atoms with Crippen molar-refractivity contribution in [3.8, 4) is 0 Å². The maximum Gasteiger partial charge on any atom is 0.327 e. The average molecular weight is 299 g/mol. The monoisotopic (exact) mass is 299 g/mol. The fraction of sp³-hybridized carbons (Fsp3) is 0.462. The maximum atomic E-state index is 12.4.